The molecule has 0 radical (unpaired) electrons. The van der Waals surface area contributed by atoms with E-state index in [9.17, 15) is 23.9 Å². The number of fused-ring (bicyclic) bond motifs is 5. The van der Waals surface area contributed by atoms with Crippen molar-refractivity contribution >= 4 is 33.9 Å². The number of anilines is 1. The molecule has 1 heterocycles. The van der Waals surface area contributed by atoms with Crippen molar-refractivity contribution in [3.05, 3.63) is 70.5 Å². The zero-order valence-electron chi connectivity index (χ0n) is 23.4. The molecule has 4 aliphatic rings. The average Bonchev–Trinajstić information content (AvgIpc) is 3.47. The molecule has 0 saturated heterocycles. The second-order valence-electron chi connectivity index (χ2n) is 12.7. The predicted molar refractivity (Wildman–Crippen MR) is 151 cm³/mol. The van der Waals surface area contributed by atoms with Crippen LogP contribution in [-0.2, 0) is 26.4 Å². The van der Waals surface area contributed by atoms with Crippen molar-refractivity contribution in [2.75, 3.05) is 5.32 Å². The molecule has 3 saturated carbocycles. The van der Waals surface area contributed by atoms with Crippen LogP contribution >= 0.6 is 11.3 Å². The first-order valence-electron chi connectivity index (χ1n) is 14.2. The number of benzene rings is 1. The maximum absolute atomic E-state index is 17.3. The average molecular weight is 581 g/mol. The van der Waals surface area contributed by atoms with Gasteiger partial charge in [0.1, 0.15) is 11.4 Å². The van der Waals surface area contributed by atoms with Crippen LogP contribution < -0.4 is 5.32 Å². The molecule has 1 amide bonds. The summed E-state index contributed by atoms with van der Waals surface area (Å²) in [6, 6.07) is 6.00. The van der Waals surface area contributed by atoms with Crippen molar-refractivity contribution in [2.45, 2.75) is 70.6 Å². The molecule has 6 nitrogen and oxygen atoms in total. The first-order chi connectivity index (χ1) is 19.3. The third-order valence-corrected chi connectivity index (χ3v) is 11.4. The molecular formula is C32H34F2N2O4S. The quantitative estimate of drug-likeness (QED) is 0.462. The molecule has 216 valence electrons. The zero-order chi connectivity index (χ0) is 29.4. The maximum atomic E-state index is 17.3. The van der Waals surface area contributed by atoms with Crippen LogP contribution in [0.15, 0.2) is 53.4 Å². The van der Waals surface area contributed by atoms with Gasteiger partial charge in [0, 0.05) is 35.0 Å². The van der Waals surface area contributed by atoms with Crippen LogP contribution in [0.3, 0.4) is 0 Å². The zero-order valence-corrected chi connectivity index (χ0v) is 24.2. The van der Waals surface area contributed by atoms with Crippen LogP contribution in [-0.4, -0.2) is 33.2 Å². The van der Waals surface area contributed by atoms with Crippen molar-refractivity contribution in [3.8, 4) is 0 Å². The Morgan fingerprint density at radius 2 is 1.93 bits per heavy atom. The van der Waals surface area contributed by atoms with Crippen LogP contribution in [0.25, 0.3) is 0 Å². The number of hydrogen-bond donors (Lipinski definition) is 2. The number of alkyl halides is 1. The van der Waals surface area contributed by atoms with Crippen LogP contribution in [0, 0.1) is 34.4 Å². The number of amides is 1. The lowest BCUT2D eigenvalue weighted by Gasteiger charge is -2.59. The minimum Gasteiger partial charge on any atom is -0.383 e. The highest BCUT2D eigenvalue weighted by Crippen LogP contribution is 2.71. The fourth-order valence-electron chi connectivity index (χ4n) is 8.42. The molecule has 3 fully saturated rings. The van der Waals surface area contributed by atoms with Gasteiger partial charge in [-0.25, -0.2) is 13.8 Å². The Morgan fingerprint density at radius 3 is 2.66 bits per heavy atom. The molecule has 2 aromatic rings. The Labute approximate surface area is 241 Å². The number of carbonyl (C=O) groups is 3. The Morgan fingerprint density at radius 1 is 1.20 bits per heavy atom. The van der Waals surface area contributed by atoms with Gasteiger partial charge in [-0.15, -0.1) is 11.3 Å². The summed E-state index contributed by atoms with van der Waals surface area (Å²) in [7, 11) is 0. The number of thiazole rings is 1. The first-order valence-corrected chi connectivity index (χ1v) is 15.1. The van der Waals surface area contributed by atoms with Gasteiger partial charge in [0.25, 0.3) is 0 Å². The van der Waals surface area contributed by atoms with E-state index in [0.717, 1.165) is 5.56 Å². The van der Waals surface area contributed by atoms with E-state index in [1.807, 2.05) is 13.8 Å². The summed E-state index contributed by atoms with van der Waals surface area (Å²) in [5, 5.41) is 17.3. The molecule has 1 aromatic heterocycles. The minimum atomic E-state index is -2.16. The van der Waals surface area contributed by atoms with E-state index in [1.165, 1.54) is 35.6 Å². The third kappa shape index (κ3) is 3.95. The highest BCUT2D eigenvalue weighted by molar-refractivity contribution is 7.13. The number of carbonyl (C=O) groups excluding carboxylic acids is 3. The number of halogens is 2. The Balaban J connectivity index is 1.25. The predicted octanol–water partition coefficient (Wildman–Crippen LogP) is 5.87. The van der Waals surface area contributed by atoms with E-state index >= 15 is 4.39 Å². The normalized spacial score (nSPS) is 37.7. The fraction of sp³-hybridized carbons (Fsp3) is 0.500. The number of allylic oxidation sites excluding steroid dienone is 4. The van der Waals surface area contributed by atoms with E-state index in [1.54, 1.807) is 30.5 Å². The van der Waals surface area contributed by atoms with Gasteiger partial charge in [-0.2, -0.15) is 0 Å². The fourth-order valence-corrected chi connectivity index (χ4v) is 9.20. The highest BCUT2D eigenvalue weighted by Gasteiger charge is 2.75. The number of rotatable bonds is 5. The summed E-state index contributed by atoms with van der Waals surface area (Å²) in [5.41, 5.74) is -3.88. The SMILES string of the molecule is C[C@@H]1C[C@H]2[C@@H]3CCC4=CC(=O)C=C[C@]4(C)[C@@]3(F)C(=O)C[C@]2(C)[C@@]1(O)c1csc(NC(=O)CCc2ccc(F)cc2)n1. The van der Waals surface area contributed by atoms with Crippen molar-refractivity contribution in [1.82, 2.24) is 4.98 Å². The molecule has 0 unspecified atom stereocenters. The van der Waals surface area contributed by atoms with Crippen LogP contribution in [0.1, 0.15) is 64.1 Å². The lowest BCUT2D eigenvalue weighted by molar-refractivity contribution is -0.185. The number of aromatic nitrogens is 1. The molecule has 7 atom stereocenters. The summed E-state index contributed by atoms with van der Waals surface area (Å²) in [5.74, 6) is -2.48. The molecule has 1 aromatic carbocycles. The number of aliphatic hydroxyl groups is 1. The van der Waals surface area contributed by atoms with Gasteiger partial charge in [-0.05, 0) is 74.3 Å². The molecule has 0 spiro atoms. The molecule has 41 heavy (non-hydrogen) atoms. The standard InChI is InChI=1S/C32H34F2N2O4S/c1-18-14-24-23-10-7-20-15-22(37)12-13-29(20,2)31(23,34)26(38)16-30(24,3)32(18,40)25-17-41-28(35-25)36-27(39)11-6-19-4-8-21(33)9-5-19/h4-5,8-9,12-13,15,17-18,23-24,40H,6-7,10-11,14,16H2,1-3H3,(H,35,36,39)/t18-,23+,24+,29+,30+,31+,32+/m1/s1. The topological polar surface area (TPSA) is 96.4 Å². The number of aryl methyl sites for hydroxylation is 1. The molecule has 4 aliphatic carbocycles. The second-order valence-corrected chi connectivity index (χ2v) is 13.6. The lowest BCUT2D eigenvalue weighted by atomic mass is 9.45. The van der Waals surface area contributed by atoms with Crippen molar-refractivity contribution in [3.63, 3.8) is 0 Å². The van der Waals surface area contributed by atoms with E-state index in [-0.39, 0.29) is 42.2 Å². The van der Waals surface area contributed by atoms with Crippen LogP contribution in [0.4, 0.5) is 13.9 Å². The van der Waals surface area contributed by atoms with Crippen molar-refractivity contribution < 1.29 is 28.3 Å². The largest absolute Gasteiger partial charge is 0.383 e. The van der Waals surface area contributed by atoms with Crippen molar-refractivity contribution in [2.24, 2.45) is 28.6 Å². The summed E-state index contributed by atoms with van der Waals surface area (Å²) in [4.78, 5) is 43.2. The van der Waals surface area contributed by atoms with E-state index in [2.05, 4.69) is 10.3 Å². The monoisotopic (exact) mass is 580 g/mol. The Kier molecular flexibility index (Phi) is 6.50. The summed E-state index contributed by atoms with van der Waals surface area (Å²) < 4.78 is 30.4. The van der Waals surface area contributed by atoms with Gasteiger partial charge in [0.05, 0.1) is 5.69 Å². The summed E-state index contributed by atoms with van der Waals surface area (Å²) in [6.07, 6.45) is 6.40. The molecule has 2 N–H and O–H groups in total. The second kappa shape index (κ2) is 9.49. The number of ketones is 2. The molecular weight excluding hydrogens is 546 g/mol. The Bertz CT molecular complexity index is 1500. The lowest BCUT2D eigenvalue weighted by Crippen LogP contribution is -2.66. The van der Waals surface area contributed by atoms with E-state index < -0.39 is 33.8 Å². The minimum absolute atomic E-state index is 0.146. The molecule has 9 heteroatoms. The number of hydrogen-bond acceptors (Lipinski definition) is 6. The summed E-state index contributed by atoms with van der Waals surface area (Å²) in [6.45, 7) is 5.53. The molecule has 6 rings (SSSR count). The molecule has 0 bridgehead atoms. The van der Waals surface area contributed by atoms with Gasteiger partial charge in [-0.3, -0.25) is 14.4 Å². The first kappa shape index (κ1) is 28.1. The van der Waals surface area contributed by atoms with Gasteiger partial charge < -0.3 is 10.4 Å². The smallest absolute Gasteiger partial charge is 0.226 e. The van der Waals surface area contributed by atoms with Gasteiger partial charge in [-0.1, -0.05) is 37.6 Å². The summed E-state index contributed by atoms with van der Waals surface area (Å²) >= 11 is 1.20. The van der Waals surface area contributed by atoms with E-state index in [4.69, 9.17) is 0 Å². The van der Waals surface area contributed by atoms with E-state index in [0.29, 0.717) is 42.1 Å². The maximum Gasteiger partial charge on any atom is 0.226 e. The van der Waals surface area contributed by atoms with Gasteiger partial charge >= 0.3 is 0 Å². The van der Waals surface area contributed by atoms with Gasteiger partial charge in [0.2, 0.25) is 5.91 Å². The van der Waals surface area contributed by atoms with Crippen LogP contribution in [0.5, 0.6) is 0 Å². The van der Waals surface area contributed by atoms with Crippen molar-refractivity contribution in [1.29, 1.82) is 0 Å². The number of nitrogens with one attached hydrogen (secondary N) is 1. The number of Topliss-reactive ketones (excluding diaryl/α,β-unsaturated/α-hetero) is 1. The van der Waals surface area contributed by atoms with Crippen LogP contribution in [0.2, 0.25) is 0 Å². The molecule has 0 aliphatic heterocycles. The Hall–Kier alpha value is -3.04. The highest BCUT2D eigenvalue weighted by atomic mass is 32.1. The number of nitrogens with zero attached hydrogens (tertiary/aromatic N) is 1. The third-order valence-electron chi connectivity index (χ3n) is 10.7. The van der Waals surface area contributed by atoms with Gasteiger partial charge in [0.15, 0.2) is 22.4 Å².